The van der Waals surface area contributed by atoms with Gasteiger partial charge in [-0.2, -0.15) is 0 Å². The zero-order valence-corrected chi connectivity index (χ0v) is 20.8. The van der Waals surface area contributed by atoms with Gasteiger partial charge in [0, 0.05) is 17.0 Å². The van der Waals surface area contributed by atoms with Gasteiger partial charge in [0.1, 0.15) is 5.82 Å². The molecule has 0 amide bonds. The highest BCUT2D eigenvalue weighted by atomic mass is 19.2. The summed E-state index contributed by atoms with van der Waals surface area (Å²) in [5, 5.41) is 0. The van der Waals surface area contributed by atoms with E-state index in [0.29, 0.717) is 41.4 Å². The van der Waals surface area contributed by atoms with E-state index in [9.17, 15) is 8.78 Å². The summed E-state index contributed by atoms with van der Waals surface area (Å²) in [7, 11) is 0. The van der Waals surface area contributed by atoms with Gasteiger partial charge in [-0.3, -0.25) is 0 Å². The fourth-order valence-electron chi connectivity index (χ4n) is 5.04. The second-order valence-corrected chi connectivity index (χ2v) is 9.69. The lowest BCUT2D eigenvalue weighted by Crippen LogP contribution is -2.24. The summed E-state index contributed by atoms with van der Waals surface area (Å²) in [6.07, 6.45) is 8.41. The summed E-state index contributed by atoms with van der Waals surface area (Å²) in [4.78, 5) is 0. The van der Waals surface area contributed by atoms with E-state index in [4.69, 9.17) is 4.74 Å². The topological polar surface area (TPSA) is 9.23 Å². The quantitative estimate of drug-likeness (QED) is 0.277. The summed E-state index contributed by atoms with van der Waals surface area (Å²) < 4.78 is 50.2. The molecule has 1 aliphatic heterocycles. The molecule has 1 aliphatic rings. The predicted octanol–water partition coefficient (Wildman–Crippen LogP) is 9.23. The molecule has 35 heavy (non-hydrogen) atoms. The molecule has 3 aromatic carbocycles. The van der Waals surface area contributed by atoms with Gasteiger partial charge >= 0.3 is 0 Å². The molecule has 4 rings (SSSR count). The molecule has 1 saturated heterocycles. The van der Waals surface area contributed by atoms with Gasteiger partial charge in [-0.15, -0.1) is 0 Å². The number of halogens is 3. The van der Waals surface area contributed by atoms with Crippen LogP contribution >= 0.6 is 0 Å². The lowest BCUT2D eigenvalue weighted by Gasteiger charge is -2.29. The summed E-state index contributed by atoms with van der Waals surface area (Å²) in [6, 6.07) is 15.6. The number of benzene rings is 3. The lowest BCUT2D eigenvalue weighted by atomic mass is 9.89. The molecule has 0 spiro atoms. The van der Waals surface area contributed by atoms with Gasteiger partial charge in [0.25, 0.3) is 0 Å². The minimum Gasteiger partial charge on any atom is -0.378 e. The van der Waals surface area contributed by atoms with Crippen molar-refractivity contribution in [2.45, 2.75) is 77.2 Å². The average Bonchev–Trinajstić information content (AvgIpc) is 2.88. The molecule has 0 N–H and O–H groups in total. The maximum absolute atomic E-state index is 15.1. The molecule has 4 heteroatoms. The molecule has 0 bridgehead atoms. The van der Waals surface area contributed by atoms with Crippen LogP contribution in [0.1, 0.15) is 75.8 Å². The molecule has 186 valence electrons. The van der Waals surface area contributed by atoms with Crippen LogP contribution < -0.4 is 0 Å². The highest BCUT2D eigenvalue weighted by Gasteiger charge is 2.23. The minimum atomic E-state index is -0.832. The standard InChI is InChI=1S/C31H35F3O/c1-3-5-6-8-26-16-13-25(20-35-26)24-15-17-27(29(32)19-24)21-9-11-22(12-10-21)28-18-14-23(7-4-2)30(33)31(28)34/h9-12,14-15,17-19,25-26H,3-8,13,16,20H2,1-2H3. The summed E-state index contributed by atoms with van der Waals surface area (Å²) in [5.74, 6) is -1.67. The smallest absolute Gasteiger partial charge is 0.166 e. The van der Waals surface area contributed by atoms with Crippen LogP contribution in [0, 0.1) is 17.5 Å². The summed E-state index contributed by atoms with van der Waals surface area (Å²) >= 11 is 0. The van der Waals surface area contributed by atoms with Crippen LogP contribution in [0.2, 0.25) is 0 Å². The third-order valence-electron chi connectivity index (χ3n) is 7.15. The van der Waals surface area contributed by atoms with E-state index >= 15 is 4.39 Å². The Morgan fingerprint density at radius 1 is 0.771 bits per heavy atom. The fourth-order valence-corrected chi connectivity index (χ4v) is 5.04. The zero-order chi connectivity index (χ0) is 24.8. The summed E-state index contributed by atoms with van der Waals surface area (Å²) in [5.41, 5.74) is 3.35. The van der Waals surface area contributed by atoms with Crippen LogP contribution in [-0.2, 0) is 11.2 Å². The second kappa shape index (κ2) is 11.9. The Balaban J connectivity index is 1.45. The molecule has 2 unspecified atom stereocenters. The van der Waals surface area contributed by atoms with E-state index in [2.05, 4.69) is 6.92 Å². The van der Waals surface area contributed by atoms with Crippen molar-refractivity contribution < 1.29 is 17.9 Å². The summed E-state index contributed by atoms with van der Waals surface area (Å²) in [6.45, 7) is 4.78. The van der Waals surface area contributed by atoms with Gasteiger partial charge in [-0.1, -0.05) is 88.1 Å². The van der Waals surface area contributed by atoms with Crippen LogP contribution in [0.5, 0.6) is 0 Å². The van der Waals surface area contributed by atoms with Crippen molar-refractivity contribution in [3.05, 3.63) is 83.2 Å². The minimum absolute atomic E-state index is 0.218. The van der Waals surface area contributed by atoms with Crippen molar-refractivity contribution in [3.63, 3.8) is 0 Å². The first kappa shape index (κ1) is 25.5. The highest BCUT2D eigenvalue weighted by Crippen LogP contribution is 2.34. The van der Waals surface area contributed by atoms with Crippen LogP contribution in [0.15, 0.2) is 54.6 Å². The van der Waals surface area contributed by atoms with Crippen LogP contribution in [-0.4, -0.2) is 12.7 Å². The first-order chi connectivity index (χ1) is 17.0. The fraction of sp³-hybridized carbons (Fsp3) is 0.419. The number of unbranched alkanes of at least 4 members (excludes halogenated alkanes) is 2. The molecule has 3 aromatic rings. The molecule has 2 atom stereocenters. The molecular weight excluding hydrogens is 445 g/mol. The van der Waals surface area contributed by atoms with Crippen LogP contribution in [0.4, 0.5) is 13.2 Å². The van der Waals surface area contributed by atoms with E-state index in [1.807, 2.05) is 19.1 Å². The molecule has 0 aromatic heterocycles. The highest BCUT2D eigenvalue weighted by molar-refractivity contribution is 5.71. The molecular formula is C31H35F3O. The van der Waals surface area contributed by atoms with Gasteiger partial charge in [0.15, 0.2) is 11.6 Å². The average molecular weight is 481 g/mol. The van der Waals surface area contributed by atoms with Crippen molar-refractivity contribution in [1.29, 1.82) is 0 Å². The number of rotatable bonds is 9. The van der Waals surface area contributed by atoms with Gasteiger partial charge in [0.05, 0.1) is 12.7 Å². The Morgan fingerprint density at radius 2 is 1.49 bits per heavy atom. The molecule has 0 radical (unpaired) electrons. The van der Waals surface area contributed by atoms with Crippen molar-refractivity contribution >= 4 is 0 Å². The van der Waals surface area contributed by atoms with Crippen molar-refractivity contribution in [2.24, 2.45) is 0 Å². The van der Waals surface area contributed by atoms with Crippen LogP contribution in [0.25, 0.3) is 22.3 Å². The van der Waals surface area contributed by atoms with E-state index in [1.165, 1.54) is 19.3 Å². The van der Waals surface area contributed by atoms with Crippen molar-refractivity contribution in [2.75, 3.05) is 6.61 Å². The second-order valence-electron chi connectivity index (χ2n) is 9.69. The Hall–Kier alpha value is -2.59. The predicted molar refractivity (Wildman–Crippen MR) is 137 cm³/mol. The molecule has 1 fully saturated rings. The van der Waals surface area contributed by atoms with Gasteiger partial charge in [-0.25, -0.2) is 13.2 Å². The van der Waals surface area contributed by atoms with Crippen molar-refractivity contribution in [1.82, 2.24) is 0 Å². The maximum atomic E-state index is 15.1. The van der Waals surface area contributed by atoms with E-state index in [1.54, 1.807) is 42.5 Å². The lowest BCUT2D eigenvalue weighted by molar-refractivity contribution is -0.00211. The van der Waals surface area contributed by atoms with E-state index in [-0.39, 0.29) is 17.3 Å². The Morgan fingerprint density at radius 3 is 2.11 bits per heavy atom. The molecule has 0 saturated carbocycles. The largest absolute Gasteiger partial charge is 0.378 e. The normalized spacial score (nSPS) is 18.1. The van der Waals surface area contributed by atoms with Crippen molar-refractivity contribution in [3.8, 4) is 22.3 Å². The molecule has 1 heterocycles. The SMILES string of the molecule is CCCCCC1CCC(c2ccc(-c3ccc(-c4ccc(CCC)c(F)c4F)cc3)c(F)c2)CO1. The van der Waals surface area contributed by atoms with Gasteiger partial charge in [0.2, 0.25) is 0 Å². The van der Waals surface area contributed by atoms with Crippen LogP contribution in [0.3, 0.4) is 0 Å². The number of hydrogen-bond donors (Lipinski definition) is 0. The Labute approximate surface area is 207 Å². The monoisotopic (exact) mass is 480 g/mol. The third kappa shape index (κ3) is 5.98. The molecule has 1 nitrogen and oxygen atoms in total. The zero-order valence-electron chi connectivity index (χ0n) is 20.8. The van der Waals surface area contributed by atoms with E-state index < -0.39 is 11.6 Å². The maximum Gasteiger partial charge on any atom is 0.166 e. The number of hydrogen-bond acceptors (Lipinski definition) is 1. The third-order valence-corrected chi connectivity index (χ3v) is 7.15. The first-order valence-corrected chi connectivity index (χ1v) is 13.0. The Bertz CT molecular complexity index is 1110. The Kier molecular flexibility index (Phi) is 8.67. The van der Waals surface area contributed by atoms with Gasteiger partial charge in [-0.05, 0) is 54.0 Å². The number of aryl methyl sites for hydroxylation is 1. The van der Waals surface area contributed by atoms with Gasteiger partial charge < -0.3 is 4.74 Å². The molecule has 0 aliphatic carbocycles. The first-order valence-electron chi connectivity index (χ1n) is 13.0. The van der Waals surface area contributed by atoms with E-state index in [0.717, 1.165) is 31.2 Å². The number of ether oxygens (including phenoxy) is 1.